The van der Waals surface area contributed by atoms with Crippen LogP contribution in [0.5, 0.6) is 0 Å². The van der Waals surface area contributed by atoms with Gasteiger partial charge in [-0.05, 0) is 97.0 Å². The summed E-state index contributed by atoms with van der Waals surface area (Å²) in [6.45, 7) is 20.1. The normalized spacial score (nSPS) is 46.9. The lowest BCUT2D eigenvalue weighted by Gasteiger charge is -2.65. The van der Waals surface area contributed by atoms with Gasteiger partial charge in [0.1, 0.15) is 0 Å². The second-order valence-corrected chi connectivity index (χ2v) is 11.9. The van der Waals surface area contributed by atoms with E-state index in [4.69, 9.17) is 4.65 Å². The van der Waals surface area contributed by atoms with Gasteiger partial charge < -0.3 is 4.65 Å². The van der Waals surface area contributed by atoms with Gasteiger partial charge in [-0.1, -0.05) is 54.5 Å². The maximum Gasteiger partial charge on any atom is 0.364 e. The average Bonchev–Trinajstić information content (AvgIpc) is 2.63. The summed E-state index contributed by atoms with van der Waals surface area (Å²) in [5.74, 6) is 8.04. The first-order valence-electron chi connectivity index (χ1n) is 11.9. The molecule has 2 heteroatoms. The first-order valence-corrected chi connectivity index (χ1v) is 11.9. The number of fused-ring (bicyclic) bond motifs is 4. The summed E-state index contributed by atoms with van der Waals surface area (Å²) in [4.78, 5) is 0. The molecule has 6 rings (SSSR count). The molecule has 6 fully saturated rings. The Balaban J connectivity index is 1.59. The monoisotopic (exact) mass is 370 g/mol. The molecular weight excluding hydrogens is 327 g/mol. The van der Waals surface area contributed by atoms with E-state index in [9.17, 15) is 0 Å². The van der Waals surface area contributed by atoms with Crippen LogP contribution < -0.4 is 0 Å². The molecule has 0 N–H and O–H groups in total. The first-order chi connectivity index (χ1) is 12.6. The molecule has 6 aliphatic carbocycles. The molecule has 0 aromatic heterocycles. The lowest BCUT2D eigenvalue weighted by Crippen LogP contribution is -2.60. The van der Waals surface area contributed by atoms with E-state index >= 15 is 0 Å². The molecule has 4 bridgehead atoms. The van der Waals surface area contributed by atoms with Crippen molar-refractivity contribution in [3.63, 3.8) is 0 Å². The third-order valence-corrected chi connectivity index (χ3v) is 10.6. The molecule has 152 valence electrons. The highest BCUT2D eigenvalue weighted by Crippen LogP contribution is 2.69. The lowest BCUT2D eigenvalue weighted by atomic mass is 9.27. The molecule has 0 aliphatic heterocycles. The van der Waals surface area contributed by atoms with Gasteiger partial charge in [-0.2, -0.15) is 0 Å². The van der Waals surface area contributed by atoms with E-state index in [0.29, 0.717) is 17.7 Å². The highest BCUT2D eigenvalue weighted by atomic mass is 16.4. The smallest absolute Gasteiger partial charge is 0.364 e. The molecule has 0 aromatic rings. The minimum Gasteiger partial charge on any atom is -0.563 e. The summed E-state index contributed by atoms with van der Waals surface area (Å²) >= 11 is 0. The van der Waals surface area contributed by atoms with Gasteiger partial charge in [0.15, 0.2) is 0 Å². The van der Waals surface area contributed by atoms with Gasteiger partial charge >= 0.3 is 6.92 Å². The van der Waals surface area contributed by atoms with Gasteiger partial charge in [0.05, 0.1) is 5.76 Å². The molecule has 8 unspecified atom stereocenters. The highest BCUT2D eigenvalue weighted by molar-refractivity contribution is 6.56. The van der Waals surface area contributed by atoms with Crippen LogP contribution in [0, 0.1) is 46.3 Å². The number of hydrogen-bond donors (Lipinski definition) is 0. The standard InChI is InChI=1S/C25H43BO/c1-9-19(10-2)27-26(22-13-17-11-20(15(22)3)24(17,5)6)23-14-18-12-21(16(23)4)25(18,7)8/h9,15-18,20-23H,10-14H2,1-8H3/b19-9+. The van der Waals surface area contributed by atoms with Crippen LogP contribution >= 0.6 is 0 Å². The van der Waals surface area contributed by atoms with Crippen molar-refractivity contribution in [2.24, 2.45) is 46.3 Å². The van der Waals surface area contributed by atoms with E-state index in [-0.39, 0.29) is 0 Å². The highest BCUT2D eigenvalue weighted by Gasteiger charge is 2.63. The van der Waals surface area contributed by atoms with Crippen molar-refractivity contribution in [2.75, 3.05) is 0 Å². The van der Waals surface area contributed by atoms with Crippen LogP contribution in [0.3, 0.4) is 0 Å². The maximum atomic E-state index is 6.90. The quantitative estimate of drug-likeness (QED) is 0.361. The Kier molecular flexibility index (Phi) is 4.84. The van der Waals surface area contributed by atoms with E-state index in [0.717, 1.165) is 53.6 Å². The van der Waals surface area contributed by atoms with Crippen LogP contribution in [0.25, 0.3) is 0 Å². The summed E-state index contributed by atoms with van der Waals surface area (Å²) in [5, 5.41) is 0. The van der Waals surface area contributed by atoms with Gasteiger partial charge in [-0.15, -0.1) is 0 Å². The molecule has 0 heterocycles. The van der Waals surface area contributed by atoms with E-state index in [1.807, 2.05) is 0 Å². The van der Waals surface area contributed by atoms with Crippen molar-refractivity contribution in [1.82, 2.24) is 0 Å². The zero-order chi connectivity index (χ0) is 19.7. The number of allylic oxidation sites excluding steroid dienone is 2. The number of rotatable bonds is 5. The van der Waals surface area contributed by atoms with E-state index < -0.39 is 0 Å². The fraction of sp³-hybridized carbons (Fsp3) is 0.920. The summed E-state index contributed by atoms with van der Waals surface area (Å²) in [5.41, 5.74) is 1.13. The molecule has 0 saturated heterocycles. The summed E-state index contributed by atoms with van der Waals surface area (Å²) in [7, 11) is 0. The fourth-order valence-corrected chi connectivity index (χ4v) is 8.27. The molecular formula is C25H43BO. The minimum absolute atomic E-state index is 0.448. The van der Waals surface area contributed by atoms with Gasteiger partial charge in [-0.3, -0.25) is 0 Å². The Hall–Kier alpha value is -0.395. The van der Waals surface area contributed by atoms with Gasteiger partial charge in [-0.25, -0.2) is 0 Å². The van der Waals surface area contributed by atoms with Crippen molar-refractivity contribution >= 4 is 6.92 Å². The van der Waals surface area contributed by atoms with Gasteiger partial charge in [0.2, 0.25) is 0 Å². The molecule has 0 spiro atoms. The topological polar surface area (TPSA) is 9.23 Å². The molecule has 0 aromatic carbocycles. The first kappa shape index (κ1) is 19.9. The van der Waals surface area contributed by atoms with E-state index in [1.54, 1.807) is 0 Å². The van der Waals surface area contributed by atoms with Gasteiger partial charge in [0.25, 0.3) is 0 Å². The van der Waals surface area contributed by atoms with E-state index in [2.05, 4.69) is 61.5 Å². The van der Waals surface area contributed by atoms with Crippen LogP contribution in [0.15, 0.2) is 11.8 Å². The molecule has 27 heavy (non-hydrogen) atoms. The average molecular weight is 370 g/mol. The van der Waals surface area contributed by atoms with Gasteiger partial charge in [0, 0.05) is 0 Å². The van der Waals surface area contributed by atoms with Crippen molar-refractivity contribution < 1.29 is 4.65 Å². The number of hydrogen-bond acceptors (Lipinski definition) is 1. The predicted octanol–water partition coefficient (Wildman–Crippen LogP) is 7.45. The predicted molar refractivity (Wildman–Crippen MR) is 117 cm³/mol. The van der Waals surface area contributed by atoms with Crippen molar-refractivity contribution in [3.8, 4) is 0 Å². The molecule has 6 saturated carbocycles. The summed E-state index contributed by atoms with van der Waals surface area (Å²) in [6.07, 6.45) is 9.01. The SMILES string of the molecule is C/C=C(\CC)OB(C1CC2CC(C1C)C2(C)C)C1CC2CC(C1C)C2(C)C. The zero-order valence-electron chi connectivity index (χ0n) is 19.2. The van der Waals surface area contributed by atoms with Crippen molar-refractivity contribution in [2.45, 2.75) is 99.1 Å². The van der Waals surface area contributed by atoms with E-state index in [1.165, 1.54) is 31.4 Å². The second kappa shape index (κ2) is 6.56. The minimum atomic E-state index is 0.448. The van der Waals surface area contributed by atoms with Crippen LogP contribution in [0.1, 0.15) is 87.5 Å². The molecule has 0 radical (unpaired) electrons. The zero-order valence-corrected chi connectivity index (χ0v) is 19.2. The Morgan fingerprint density at radius 3 is 1.63 bits per heavy atom. The van der Waals surface area contributed by atoms with Crippen molar-refractivity contribution in [1.29, 1.82) is 0 Å². The Bertz CT molecular complexity index is 563. The van der Waals surface area contributed by atoms with Crippen LogP contribution in [0.2, 0.25) is 11.6 Å². The summed E-state index contributed by atoms with van der Waals surface area (Å²) < 4.78 is 6.90. The third kappa shape index (κ3) is 2.78. The Labute approximate surface area is 169 Å². The maximum absolute atomic E-state index is 6.90. The largest absolute Gasteiger partial charge is 0.563 e. The molecule has 8 atom stereocenters. The van der Waals surface area contributed by atoms with Crippen LogP contribution in [0.4, 0.5) is 0 Å². The fourth-order valence-electron chi connectivity index (χ4n) is 8.27. The molecule has 6 aliphatic rings. The Morgan fingerprint density at radius 1 is 0.889 bits per heavy atom. The van der Waals surface area contributed by atoms with Crippen LogP contribution in [-0.4, -0.2) is 6.92 Å². The van der Waals surface area contributed by atoms with Crippen LogP contribution in [-0.2, 0) is 4.65 Å². The van der Waals surface area contributed by atoms with Crippen molar-refractivity contribution in [3.05, 3.63) is 11.8 Å². The molecule has 1 nitrogen and oxygen atoms in total. The third-order valence-electron chi connectivity index (χ3n) is 10.6. The second-order valence-electron chi connectivity index (χ2n) is 11.9. The summed E-state index contributed by atoms with van der Waals surface area (Å²) in [6, 6.07) is 0. The Morgan fingerprint density at radius 2 is 1.33 bits per heavy atom. The lowest BCUT2D eigenvalue weighted by molar-refractivity contribution is -0.110. The molecule has 0 amide bonds.